The standard InChI is InChI=1S/C31H44N4O2/c1-21(2)18-34(19-24-9-5-22(3)6-10-24)28-17-29(30(36)33-27-15-13-26(32)14-16-27)35(20-28)31(37)25-11-7-23(4)8-12-25/h5-12,21,26-29H,13-20,32H2,1-4H3,(H,33,36). The van der Waals surface area contributed by atoms with Crippen molar-refractivity contribution in [3.8, 4) is 0 Å². The van der Waals surface area contributed by atoms with Gasteiger partial charge in [-0.25, -0.2) is 0 Å². The number of hydrogen-bond donors (Lipinski definition) is 2. The van der Waals surface area contributed by atoms with E-state index in [0.29, 0.717) is 24.4 Å². The molecule has 6 nitrogen and oxygen atoms in total. The molecule has 0 spiro atoms. The number of carbonyl (C=O) groups is 2. The molecule has 0 bridgehead atoms. The lowest BCUT2D eigenvalue weighted by Gasteiger charge is -2.30. The Morgan fingerprint density at radius 3 is 2.16 bits per heavy atom. The lowest BCUT2D eigenvalue weighted by Crippen LogP contribution is -2.50. The fourth-order valence-electron chi connectivity index (χ4n) is 5.71. The second-order valence-electron chi connectivity index (χ2n) is 11.7. The Hall–Kier alpha value is -2.70. The molecular formula is C31H44N4O2. The van der Waals surface area contributed by atoms with Crippen molar-refractivity contribution < 1.29 is 9.59 Å². The molecule has 2 unspecified atom stereocenters. The van der Waals surface area contributed by atoms with Gasteiger partial charge in [0.15, 0.2) is 0 Å². The van der Waals surface area contributed by atoms with Gasteiger partial charge in [0.25, 0.3) is 5.91 Å². The Kier molecular flexibility index (Phi) is 9.04. The van der Waals surface area contributed by atoms with Crippen LogP contribution in [0.15, 0.2) is 48.5 Å². The van der Waals surface area contributed by atoms with Gasteiger partial charge in [0.2, 0.25) is 5.91 Å². The number of nitrogens with two attached hydrogens (primary N) is 1. The predicted molar refractivity (Wildman–Crippen MR) is 149 cm³/mol. The number of likely N-dealkylation sites (tertiary alicyclic amines) is 1. The van der Waals surface area contributed by atoms with Crippen molar-refractivity contribution in [2.45, 2.75) is 90.5 Å². The average molecular weight is 505 g/mol. The maximum Gasteiger partial charge on any atom is 0.254 e. The van der Waals surface area contributed by atoms with Crippen LogP contribution in [0.4, 0.5) is 0 Å². The van der Waals surface area contributed by atoms with Gasteiger partial charge < -0.3 is 16.0 Å². The predicted octanol–water partition coefficient (Wildman–Crippen LogP) is 4.43. The van der Waals surface area contributed by atoms with Crippen LogP contribution >= 0.6 is 0 Å². The van der Waals surface area contributed by atoms with Crippen LogP contribution < -0.4 is 11.1 Å². The van der Waals surface area contributed by atoms with E-state index < -0.39 is 6.04 Å². The molecule has 1 aliphatic heterocycles. The third kappa shape index (κ3) is 7.20. The van der Waals surface area contributed by atoms with Crippen LogP contribution in [0.5, 0.6) is 0 Å². The van der Waals surface area contributed by atoms with Crippen molar-refractivity contribution >= 4 is 11.8 Å². The van der Waals surface area contributed by atoms with E-state index in [-0.39, 0.29) is 29.9 Å². The van der Waals surface area contributed by atoms with Gasteiger partial charge in [-0.15, -0.1) is 0 Å². The highest BCUT2D eigenvalue weighted by Crippen LogP contribution is 2.28. The van der Waals surface area contributed by atoms with Gasteiger partial charge in [0.1, 0.15) is 6.04 Å². The number of rotatable bonds is 8. The number of carbonyl (C=O) groups excluding carboxylic acids is 2. The van der Waals surface area contributed by atoms with E-state index in [1.165, 1.54) is 11.1 Å². The molecule has 3 N–H and O–H groups in total. The summed E-state index contributed by atoms with van der Waals surface area (Å²) >= 11 is 0. The number of benzene rings is 2. The third-order valence-electron chi connectivity index (χ3n) is 7.88. The Morgan fingerprint density at radius 2 is 1.57 bits per heavy atom. The lowest BCUT2D eigenvalue weighted by atomic mass is 9.91. The average Bonchev–Trinajstić information content (AvgIpc) is 3.32. The number of nitrogens with one attached hydrogen (secondary N) is 1. The van der Waals surface area contributed by atoms with Gasteiger partial charge in [-0.3, -0.25) is 14.5 Å². The maximum atomic E-state index is 13.7. The minimum Gasteiger partial charge on any atom is -0.352 e. The summed E-state index contributed by atoms with van der Waals surface area (Å²) in [6, 6.07) is 16.4. The summed E-state index contributed by atoms with van der Waals surface area (Å²) in [7, 11) is 0. The van der Waals surface area contributed by atoms with Crippen LogP contribution in [0.2, 0.25) is 0 Å². The highest BCUT2D eigenvalue weighted by molar-refractivity contribution is 5.98. The van der Waals surface area contributed by atoms with Crippen LogP contribution in [0.25, 0.3) is 0 Å². The molecule has 37 heavy (non-hydrogen) atoms. The monoisotopic (exact) mass is 504 g/mol. The van der Waals surface area contributed by atoms with E-state index >= 15 is 0 Å². The van der Waals surface area contributed by atoms with Gasteiger partial charge >= 0.3 is 0 Å². The van der Waals surface area contributed by atoms with Crippen LogP contribution in [-0.2, 0) is 11.3 Å². The van der Waals surface area contributed by atoms with Gasteiger partial charge in [-0.05, 0) is 69.6 Å². The molecule has 1 saturated carbocycles. The van der Waals surface area contributed by atoms with Crippen molar-refractivity contribution in [3.05, 3.63) is 70.8 Å². The van der Waals surface area contributed by atoms with Gasteiger partial charge in [-0.2, -0.15) is 0 Å². The molecule has 1 heterocycles. The summed E-state index contributed by atoms with van der Waals surface area (Å²) in [6.07, 6.45) is 4.32. The number of nitrogens with zero attached hydrogens (tertiary/aromatic N) is 2. The molecular weight excluding hydrogens is 460 g/mol. The molecule has 0 aromatic heterocycles. The minimum atomic E-state index is -0.470. The molecule has 6 heteroatoms. The topological polar surface area (TPSA) is 78.7 Å². The summed E-state index contributed by atoms with van der Waals surface area (Å²) in [6.45, 7) is 10.9. The van der Waals surface area contributed by atoms with Crippen molar-refractivity contribution in [2.24, 2.45) is 11.7 Å². The molecule has 1 saturated heterocycles. The molecule has 2 atom stereocenters. The molecule has 2 amide bonds. The van der Waals surface area contributed by atoms with Crippen LogP contribution in [0, 0.1) is 19.8 Å². The first-order chi connectivity index (χ1) is 17.7. The first-order valence-corrected chi connectivity index (χ1v) is 13.9. The van der Waals surface area contributed by atoms with E-state index in [4.69, 9.17) is 5.73 Å². The Bertz CT molecular complexity index is 1040. The van der Waals surface area contributed by atoms with Crippen molar-refractivity contribution in [2.75, 3.05) is 13.1 Å². The summed E-state index contributed by atoms with van der Waals surface area (Å²) in [5, 5.41) is 3.28. The first-order valence-electron chi connectivity index (χ1n) is 13.9. The highest BCUT2D eigenvalue weighted by atomic mass is 16.2. The van der Waals surface area contributed by atoms with E-state index in [1.807, 2.05) is 36.1 Å². The van der Waals surface area contributed by atoms with E-state index in [0.717, 1.165) is 44.3 Å². The Labute approximate surface area is 222 Å². The van der Waals surface area contributed by atoms with Crippen molar-refractivity contribution in [1.29, 1.82) is 0 Å². The normalized spacial score (nSPS) is 24.0. The zero-order valence-electron chi connectivity index (χ0n) is 23.0. The smallest absolute Gasteiger partial charge is 0.254 e. The molecule has 2 aromatic carbocycles. The fourth-order valence-corrected chi connectivity index (χ4v) is 5.71. The van der Waals surface area contributed by atoms with Crippen LogP contribution in [-0.4, -0.2) is 58.9 Å². The number of amides is 2. The van der Waals surface area contributed by atoms with E-state index in [9.17, 15) is 9.59 Å². The maximum absolute atomic E-state index is 13.7. The van der Waals surface area contributed by atoms with Gasteiger partial charge in [0, 0.05) is 43.3 Å². The zero-order valence-corrected chi connectivity index (χ0v) is 23.0. The molecule has 4 rings (SSSR count). The first kappa shape index (κ1) is 27.3. The van der Waals surface area contributed by atoms with Crippen LogP contribution in [0.3, 0.4) is 0 Å². The summed E-state index contributed by atoms with van der Waals surface area (Å²) < 4.78 is 0. The number of aryl methyl sites for hydroxylation is 2. The summed E-state index contributed by atoms with van der Waals surface area (Å²) in [5.41, 5.74) is 10.3. The number of hydrogen-bond acceptors (Lipinski definition) is 4. The molecule has 200 valence electrons. The Balaban J connectivity index is 1.56. The quantitative estimate of drug-likeness (QED) is 0.557. The SMILES string of the molecule is Cc1ccc(CN(CC(C)C)C2CC(C(=O)NC3CCC(N)CC3)N(C(=O)c3ccc(C)cc3)C2)cc1. The lowest BCUT2D eigenvalue weighted by molar-refractivity contribution is -0.125. The van der Waals surface area contributed by atoms with Crippen molar-refractivity contribution in [1.82, 2.24) is 15.1 Å². The van der Waals surface area contributed by atoms with Gasteiger partial charge in [-0.1, -0.05) is 61.4 Å². The molecule has 1 aliphatic carbocycles. The minimum absolute atomic E-state index is 0.0248. The molecule has 2 aliphatic rings. The van der Waals surface area contributed by atoms with Crippen molar-refractivity contribution in [3.63, 3.8) is 0 Å². The van der Waals surface area contributed by atoms with Gasteiger partial charge in [0.05, 0.1) is 0 Å². The molecule has 2 fully saturated rings. The van der Waals surface area contributed by atoms with E-state index in [1.54, 1.807) is 0 Å². The second kappa shape index (κ2) is 12.2. The summed E-state index contributed by atoms with van der Waals surface area (Å²) in [5.74, 6) is 0.391. The second-order valence-corrected chi connectivity index (χ2v) is 11.7. The molecule has 0 radical (unpaired) electrons. The van der Waals surface area contributed by atoms with E-state index in [2.05, 4.69) is 55.3 Å². The zero-order chi connectivity index (χ0) is 26.5. The van der Waals surface area contributed by atoms with Crippen LogP contribution in [0.1, 0.15) is 73.0 Å². The Morgan fingerprint density at radius 1 is 0.973 bits per heavy atom. The largest absolute Gasteiger partial charge is 0.352 e. The fraction of sp³-hybridized carbons (Fsp3) is 0.548. The summed E-state index contributed by atoms with van der Waals surface area (Å²) in [4.78, 5) is 31.6. The third-order valence-corrected chi connectivity index (χ3v) is 7.88. The molecule has 2 aromatic rings. The highest BCUT2D eigenvalue weighted by Gasteiger charge is 2.42.